The summed E-state index contributed by atoms with van der Waals surface area (Å²) in [6.07, 6.45) is 6.02. The molecule has 0 aromatic rings. The molecule has 1 aliphatic carbocycles. The zero-order valence-electron chi connectivity index (χ0n) is 7.79. The fourth-order valence-corrected chi connectivity index (χ4v) is 2.69. The summed E-state index contributed by atoms with van der Waals surface area (Å²) in [6.45, 7) is 2.00. The van der Waals surface area contributed by atoms with Crippen LogP contribution in [0.25, 0.3) is 0 Å². The summed E-state index contributed by atoms with van der Waals surface area (Å²) in [6, 6.07) is 0. The van der Waals surface area contributed by atoms with Gasteiger partial charge in [0.15, 0.2) is 0 Å². The van der Waals surface area contributed by atoms with E-state index in [1.165, 1.54) is 0 Å². The van der Waals surface area contributed by atoms with E-state index in [4.69, 9.17) is 0 Å². The van der Waals surface area contributed by atoms with Crippen molar-refractivity contribution < 1.29 is 10.2 Å². The zero-order valence-corrected chi connectivity index (χ0v) is 7.79. The highest BCUT2D eigenvalue weighted by atomic mass is 16.3. The maximum absolute atomic E-state index is 9.46. The van der Waals surface area contributed by atoms with Crippen LogP contribution in [0, 0.1) is 10.8 Å². The Morgan fingerprint density at radius 1 is 1.00 bits per heavy atom. The van der Waals surface area contributed by atoms with E-state index in [-0.39, 0.29) is 24.0 Å². The average Bonchev–Trinajstić information content (AvgIpc) is 2.58. The summed E-state index contributed by atoms with van der Waals surface area (Å²) >= 11 is 0. The molecule has 3 N–H and O–H groups in total. The molecule has 2 atom stereocenters. The molecule has 1 fully saturated rings. The van der Waals surface area contributed by atoms with E-state index in [0.717, 1.165) is 25.9 Å². The number of fused-ring (bicyclic) bond motifs is 1. The second-order valence-corrected chi connectivity index (χ2v) is 4.36. The second kappa shape index (κ2) is 3.08. The number of allylic oxidation sites excluding steroid dienone is 2. The van der Waals surface area contributed by atoms with Crippen LogP contribution in [0.3, 0.4) is 0 Å². The van der Waals surface area contributed by atoms with Gasteiger partial charge in [0.05, 0.1) is 13.2 Å². The van der Waals surface area contributed by atoms with Crippen molar-refractivity contribution in [2.75, 3.05) is 26.3 Å². The molecule has 1 aliphatic heterocycles. The quantitative estimate of drug-likeness (QED) is 0.524. The molecule has 0 bridgehead atoms. The summed E-state index contributed by atoms with van der Waals surface area (Å²) < 4.78 is 0. The Balaban J connectivity index is 2.34. The van der Waals surface area contributed by atoms with Crippen LogP contribution in [0.15, 0.2) is 12.2 Å². The maximum Gasteiger partial charge on any atom is 0.0509 e. The highest BCUT2D eigenvalue weighted by Crippen LogP contribution is 2.50. The first-order chi connectivity index (χ1) is 6.29. The molecule has 0 radical (unpaired) electrons. The van der Waals surface area contributed by atoms with Gasteiger partial charge in [-0.05, 0) is 12.8 Å². The van der Waals surface area contributed by atoms with Gasteiger partial charge in [-0.3, -0.25) is 0 Å². The van der Waals surface area contributed by atoms with Crippen molar-refractivity contribution in [3.8, 4) is 0 Å². The lowest BCUT2D eigenvalue weighted by atomic mass is 9.60. The second-order valence-electron chi connectivity index (χ2n) is 4.36. The van der Waals surface area contributed by atoms with Crippen molar-refractivity contribution in [2.24, 2.45) is 10.8 Å². The molecule has 3 heteroatoms. The van der Waals surface area contributed by atoms with E-state index in [1.807, 2.05) is 0 Å². The highest BCUT2D eigenvalue weighted by molar-refractivity contribution is 5.14. The van der Waals surface area contributed by atoms with Crippen LogP contribution in [0.1, 0.15) is 12.8 Å². The molecular weight excluding hydrogens is 166 g/mol. The monoisotopic (exact) mass is 183 g/mol. The number of hydrogen-bond donors (Lipinski definition) is 3. The molecule has 0 spiro atoms. The lowest BCUT2D eigenvalue weighted by Gasteiger charge is -2.44. The number of hydrogen-bond acceptors (Lipinski definition) is 3. The molecule has 2 aliphatic rings. The van der Waals surface area contributed by atoms with E-state index in [1.54, 1.807) is 0 Å². The van der Waals surface area contributed by atoms with Gasteiger partial charge in [-0.2, -0.15) is 0 Å². The molecule has 1 heterocycles. The standard InChI is InChI=1S/C10H17NO2/c12-7-9-3-1-2-4-10(9,8-13)6-11-5-9/h1-2,11-13H,3-8H2. The predicted molar refractivity (Wildman–Crippen MR) is 50.3 cm³/mol. The Bertz CT molecular complexity index is 207. The van der Waals surface area contributed by atoms with Gasteiger partial charge in [0.2, 0.25) is 0 Å². The van der Waals surface area contributed by atoms with Crippen LogP contribution in [-0.4, -0.2) is 36.5 Å². The Hall–Kier alpha value is -0.380. The highest BCUT2D eigenvalue weighted by Gasteiger charge is 2.54. The molecular formula is C10H17NO2. The van der Waals surface area contributed by atoms with Crippen LogP contribution in [-0.2, 0) is 0 Å². The van der Waals surface area contributed by atoms with Gasteiger partial charge in [0.25, 0.3) is 0 Å². The Kier molecular flexibility index (Phi) is 2.18. The smallest absolute Gasteiger partial charge is 0.0509 e. The topological polar surface area (TPSA) is 52.5 Å². The molecule has 2 rings (SSSR count). The summed E-state index contributed by atoms with van der Waals surface area (Å²) in [5.74, 6) is 0. The number of nitrogens with one attached hydrogen (secondary N) is 1. The van der Waals surface area contributed by atoms with Gasteiger partial charge >= 0.3 is 0 Å². The van der Waals surface area contributed by atoms with Crippen LogP contribution >= 0.6 is 0 Å². The Morgan fingerprint density at radius 3 is 1.85 bits per heavy atom. The van der Waals surface area contributed by atoms with E-state index in [9.17, 15) is 10.2 Å². The molecule has 0 aromatic heterocycles. The zero-order chi connectivity index (χ0) is 9.36. The van der Waals surface area contributed by atoms with Crippen molar-refractivity contribution in [1.82, 2.24) is 5.32 Å². The van der Waals surface area contributed by atoms with Crippen LogP contribution < -0.4 is 5.32 Å². The van der Waals surface area contributed by atoms with Gasteiger partial charge in [-0.15, -0.1) is 0 Å². The molecule has 0 amide bonds. The summed E-state index contributed by atoms with van der Waals surface area (Å²) in [5.41, 5.74) is -0.229. The molecule has 0 saturated carbocycles. The van der Waals surface area contributed by atoms with Gasteiger partial charge < -0.3 is 15.5 Å². The minimum absolute atomic E-state index is 0.115. The first-order valence-electron chi connectivity index (χ1n) is 4.86. The van der Waals surface area contributed by atoms with Crippen LogP contribution in [0.5, 0.6) is 0 Å². The number of aliphatic hydroxyl groups is 2. The predicted octanol–water partition coefficient (Wildman–Crippen LogP) is -0.103. The molecule has 0 aromatic carbocycles. The third-order valence-corrected chi connectivity index (χ3v) is 3.84. The minimum atomic E-state index is -0.115. The maximum atomic E-state index is 9.46. The Morgan fingerprint density at radius 2 is 1.46 bits per heavy atom. The lowest BCUT2D eigenvalue weighted by molar-refractivity contribution is -0.0182. The number of rotatable bonds is 2. The molecule has 2 unspecified atom stereocenters. The summed E-state index contributed by atoms with van der Waals surface area (Å²) in [7, 11) is 0. The number of aliphatic hydroxyl groups excluding tert-OH is 2. The largest absolute Gasteiger partial charge is 0.396 e. The third-order valence-electron chi connectivity index (χ3n) is 3.84. The van der Waals surface area contributed by atoms with Gasteiger partial charge in [-0.1, -0.05) is 12.2 Å². The van der Waals surface area contributed by atoms with Crippen molar-refractivity contribution in [1.29, 1.82) is 0 Å². The van der Waals surface area contributed by atoms with E-state index >= 15 is 0 Å². The summed E-state index contributed by atoms with van der Waals surface area (Å²) in [5, 5.41) is 22.2. The first-order valence-corrected chi connectivity index (χ1v) is 4.86. The van der Waals surface area contributed by atoms with E-state index in [2.05, 4.69) is 17.5 Å². The summed E-state index contributed by atoms with van der Waals surface area (Å²) in [4.78, 5) is 0. The fourth-order valence-electron chi connectivity index (χ4n) is 2.69. The molecule has 13 heavy (non-hydrogen) atoms. The van der Waals surface area contributed by atoms with Crippen LogP contribution in [0.2, 0.25) is 0 Å². The van der Waals surface area contributed by atoms with E-state index in [0.29, 0.717) is 0 Å². The van der Waals surface area contributed by atoms with Gasteiger partial charge in [-0.25, -0.2) is 0 Å². The third kappa shape index (κ3) is 1.08. The SMILES string of the molecule is OCC12CC=CCC1(CO)CNC2. The van der Waals surface area contributed by atoms with Gasteiger partial charge in [0.1, 0.15) is 0 Å². The minimum Gasteiger partial charge on any atom is -0.396 e. The normalized spacial score (nSPS) is 43.5. The van der Waals surface area contributed by atoms with E-state index < -0.39 is 0 Å². The van der Waals surface area contributed by atoms with Crippen molar-refractivity contribution in [3.63, 3.8) is 0 Å². The Labute approximate surface area is 78.5 Å². The average molecular weight is 183 g/mol. The first kappa shape index (κ1) is 9.19. The van der Waals surface area contributed by atoms with Crippen molar-refractivity contribution in [2.45, 2.75) is 12.8 Å². The molecule has 74 valence electrons. The van der Waals surface area contributed by atoms with Gasteiger partial charge in [0, 0.05) is 23.9 Å². The molecule has 1 saturated heterocycles. The molecule has 3 nitrogen and oxygen atoms in total. The van der Waals surface area contributed by atoms with Crippen molar-refractivity contribution in [3.05, 3.63) is 12.2 Å². The lowest BCUT2D eigenvalue weighted by Crippen LogP contribution is -2.47. The van der Waals surface area contributed by atoms with Crippen LogP contribution in [0.4, 0.5) is 0 Å². The fraction of sp³-hybridized carbons (Fsp3) is 0.800. The van der Waals surface area contributed by atoms with Crippen molar-refractivity contribution >= 4 is 0 Å².